The third-order valence-electron chi connectivity index (χ3n) is 4.71. The monoisotopic (exact) mass is 263 g/mol. The van der Waals surface area contributed by atoms with Crippen LogP contribution < -0.4 is 5.32 Å². The third kappa shape index (κ3) is 2.44. The van der Waals surface area contributed by atoms with E-state index in [0.717, 1.165) is 10.9 Å². The highest BCUT2D eigenvalue weighted by molar-refractivity contribution is 6.30. The molecule has 2 aliphatic carbocycles. The summed E-state index contributed by atoms with van der Waals surface area (Å²) >= 11 is 6.07. The zero-order valence-electron chi connectivity index (χ0n) is 11.1. The maximum Gasteiger partial charge on any atom is 0.0408 e. The fourth-order valence-corrected chi connectivity index (χ4v) is 3.78. The van der Waals surface area contributed by atoms with Crippen molar-refractivity contribution in [3.05, 3.63) is 34.3 Å². The molecule has 0 spiro atoms. The van der Waals surface area contributed by atoms with Gasteiger partial charge < -0.3 is 5.32 Å². The Labute approximate surface area is 115 Å². The molecule has 1 fully saturated rings. The highest BCUT2D eigenvalue weighted by Gasteiger charge is 2.28. The summed E-state index contributed by atoms with van der Waals surface area (Å²) in [4.78, 5) is 0. The van der Waals surface area contributed by atoms with Crippen molar-refractivity contribution in [1.82, 2.24) is 5.32 Å². The maximum absolute atomic E-state index is 6.07. The first-order chi connectivity index (χ1) is 8.74. The minimum Gasteiger partial charge on any atom is -0.307 e. The van der Waals surface area contributed by atoms with Gasteiger partial charge in [0.1, 0.15) is 0 Å². The molecule has 1 saturated carbocycles. The Morgan fingerprint density at radius 2 is 2.00 bits per heavy atom. The fourth-order valence-electron chi connectivity index (χ4n) is 3.58. The molecule has 2 heteroatoms. The first-order valence-corrected chi connectivity index (χ1v) is 7.66. The number of nitrogens with one attached hydrogen (secondary N) is 1. The summed E-state index contributed by atoms with van der Waals surface area (Å²) in [6.07, 6.45) is 7.95. The van der Waals surface area contributed by atoms with Crippen molar-refractivity contribution >= 4 is 11.6 Å². The first-order valence-electron chi connectivity index (χ1n) is 7.28. The van der Waals surface area contributed by atoms with Crippen LogP contribution in [0.25, 0.3) is 0 Å². The van der Waals surface area contributed by atoms with E-state index in [9.17, 15) is 0 Å². The van der Waals surface area contributed by atoms with E-state index in [2.05, 4.69) is 24.4 Å². The Hall–Kier alpha value is -0.530. The van der Waals surface area contributed by atoms with Crippen molar-refractivity contribution in [2.45, 2.75) is 57.5 Å². The van der Waals surface area contributed by atoms with Gasteiger partial charge in [-0.2, -0.15) is 0 Å². The van der Waals surface area contributed by atoms with Gasteiger partial charge in [-0.25, -0.2) is 0 Å². The highest BCUT2D eigenvalue weighted by Crippen LogP contribution is 2.35. The minimum absolute atomic E-state index is 0.558. The van der Waals surface area contributed by atoms with E-state index in [4.69, 9.17) is 11.6 Å². The quantitative estimate of drug-likeness (QED) is 0.829. The molecule has 0 aromatic heterocycles. The average Bonchev–Trinajstić information content (AvgIpc) is 2.74. The summed E-state index contributed by atoms with van der Waals surface area (Å²) in [6, 6.07) is 7.66. The van der Waals surface area contributed by atoms with Gasteiger partial charge in [0.2, 0.25) is 0 Å². The molecular formula is C16H22ClN. The van der Waals surface area contributed by atoms with Crippen molar-refractivity contribution in [1.29, 1.82) is 0 Å². The molecule has 2 aliphatic rings. The fraction of sp³-hybridized carbons (Fsp3) is 0.625. The number of fused-ring (bicyclic) bond motifs is 1. The summed E-state index contributed by atoms with van der Waals surface area (Å²) < 4.78 is 0. The van der Waals surface area contributed by atoms with Crippen molar-refractivity contribution in [3.63, 3.8) is 0 Å². The van der Waals surface area contributed by atoms with E-state index < -0.39 is 0 Å². The molecule has 0 amide bonds. The summed E-state index contributed by atoms with van der Waals surface area (Å²) in [5, 5.41) is 4.78. The van der Waals surface area contributed by atoms with Gasteiger partial charge in [-0.05, 0) is 54.9 Å². The summed E-state index contributed by atoms with van der Waals surface area (Å²) in [5.41, 5.74) is 2.93. The smallest absolute Gasteiger partial charge is 0.0408 e. The minimum atomic E-state index is 0.558. The zero-order chi connectivity index (χ0) is 12.5. The molecule has 1 aromatic carbocycles. The summed E-state index contributed by atoms with van der Waals surface area (Å²) in [6.45, 7) is 2.40. The van der Waals surface area contributed by atoms with E-state index in [-0.39, 0.29) is 0 Å². The van der Waals surface area contributed by atoms with Crippen molar-refractivity contribution in [2.24, 2.45) is 5.92 Å². The van der Waals surface area contributed by atoms with Crippen LogP contribution in [0.5, 0.6) is 0 Å². The lowest BCUT2D eigenvalue weighted by Crippen LogP contribution is -2.38. The van der Waals surface area contributed by atoms with Crippen LogP contribution >= 0.6 is 11.6 Å². The number of hydrogen-bond acceptors (Lipinski definition) is 1. The topological polar surface area (TPSA) is 12.0 Å². The average molecular weight is 264 g/mol. The molecule has 98 valence electrons. The first kappa shape index (κ1) is 12.5. The van der Waals surface area contributed by atoms with Crippen molar-refractivity contribution < 1.29 is 0 Å². The number of halogens is 1. The van der Waals surface area contributed by atoms with E-state index in [1.807, 2.05) is 6.07 Å². The molecule has 1 N–H and O–H groups in total. The van der Waals surface area contributed by atoms with Crippen LogP contribution in [0.4, 0.5) is 0 Å². The molecule has 3 atom stereocenters. The van der Waals surface area contributed by atoms with Gasteiger partial charge in [0.25, 0.3) is 0 Å². The van der Waals surface area contributed by atoms with Gasteiger partial charge in [-0.15, -0.1) is 0 Å². The standard InChI is InChI=1S/C16H22ClN/c1-11-4-2-3-5-15(11)18-16-9-6-12-10-13(17)7-8-14(12)16/h7-8,10-11,15-16,18H,2-6,9H2,1H3. The third-order valence-corrected chi connectivity index (χ3v) is 4.94. The predicted octanol–water partition coefficient (Wildman–Crippen LogP) is 4.50. The van der Waals surface area contributed by atoms with Gasteiger partial charge in [0, 0.05) is 17.1 Å². The lowest BCUT2D eigenvalue weighted by atomic mass is 9.85. The Morgan fingerprint density at radius 1 is 1.17 bits per heavy atom. The lowest BCUT2D eigenvalue weighted by Gasteiger charge is -2.32. The number of hydrogen-bond donors (Lipinski definition) is 1. The maximum atomic E-state index is 6.07. The van der Waals surface area contributed by atoms with Crippen LogP contribution in [0.3, 0.4) is 0 Å². The second-order valence-corrected chi connectivity index (χ2v) is 6.41. The van der Waals surface area contributed by atoms with Crippen molar-refractivity contribution in [3.8, 4) is 0 Å². The van der Waals surface area contributed by atoms with Gasteiger partial charge >= 0.3 is 0 Å². The van der Waals surface area contributed by atoms with Crippen molar-refractivity contribution in [2.75, 3.05) is 0 Å². The highest BCUT2D eigenvalue weighted by atomic mass is 35.5. The van der Waals surface area contributed by atoms with Crippen LogP contribution in [0.15, 0.2) is 18.2 Å². The summed E-state index contributed by atoms with van der Waals surface area (Å²) in [7, 11) is 0. The molecular weight excluding hydrogens is 242 g/mol. The molecule has 3 rings (SSSR count). The van der Waals surface area contributed by atoms with E-state index in [1.54, 1.807) is 0 Å². The van der Waals surface area contributed by atoms with Crippen LogP contribution in [-0.2, 0) is 6.42 Å². The molecule has 0 radical (unpaired) electrons. The Kier molecular flexibility index (Phi) is 3.63. The van der Waals surface area contributed by atoms with Crippen LogP contribution in [0.2, 0.25) is 5.02 Å². The van der Waals surface area contributed by atoms with Gasteiger partial charge in [0.05, 0.1) is 0 Å². The number of benzene rings is 1. The molecule has 1 nitrogen and oxygen atoms in total. The van der Waals surface area contributed by atoms with Crippen LogP contribution in [-0.4, -0.2) is 6.04 Å². The molecule has 3 unspecified atom stereocenters. The Balaban J connectivity index is 1.72. The zero-order valence-corrected chi connectivity index (χ0v) is 11.8. The summed E-state index contributed by atoms with van der Waals surface area (Å²) in [5.74, 6) is 0.829. The Morgan fingerprint density at radius 3 is 2.83 bits per heavy atom. The molecule has 0 aliphatic heterocycles. The second-order valence-electron chi connectivity index (χ2n) is 5.97. The Bertz CT molecular complexity index is 429. The van der Waals surface area contributed by atoms with Gasteiger partial charge in [-0.3, -0.25) is 0 Å². The number of aryl methyl sites for hydroxylation is 1. The second kappa shape index (κ2) is 5.22. The van der Waals surface area contributed by atoms with E-state index in [1.165, 1.54) is 49.7 Å². The van der Waals surface area contributed by atoms with E-state index >= 15 is 0 Å². The SMILES string of the molecule is CC1CCCCC1NC1CCc2cc(Cl)ccc21. The molecule has 0 bridgehead atoms. The van der Waals surface area contributed by atoms with E-state index in [0.29, 0.717) is 12.1 Å². The normalized spacial score (nSPS) is 31.3. The molecule has 18 heavy (non-hydrogen) atoms. The van der Waals surface area contributed by atoms with Gasteiger partial charge in [0.15, 0.2) is 0 Å². The number of rotatable bonds is 2. The van der Waals surface area contributed by atoms with Crippen LogP contribution in [0, 0.1) is 5.92 Å². The largest absolute Gasteiger partial charge is 0.307 e. The van der Waals surface area contributed by atoms with Crippen LogP contribution in [0.1, 0.15) is 56.2 Å². The molecule has 0 saturated heterocycles. The van der Waals surface area contributed by atoms with Gasteiger partial charge in [-0.1, -0.05) is 37.4 Å². The predicted molar refractivity (Wildman–Crippen MR) is 77.1 cm³/mol. The molecule has 0 heterocycles. The lowest BCUT2D eigenvalue weighted by molar-refractivity contribution is 0.258. The molecule has 1 aromatic rings.